The summed E-state index contributed by atoms with van der Waals surface area (Å²) >= 11 is 12.2. The molecule has 1 N–H and O–H groups in total. The van der Waals surface area contributed by atoms with Crippen molar-refractivity contribution in [3.05, 3.63) is 147 Å². The molecule has 5 aromatic rings. The van der Waals surface area contributed by atoms with Crippen molar-refractivity contribution in [3.8, 4) is 34.4 Å². The van der Waals surface area contributed by atoms with Crippen LogP contribution in [0.5, 0.6) is 17.2 Å². The fourth-order valence-corrected chi connectivity index (χ4v) is 7.17. The first-order valence-corrected chi connectivity index (χ1v) is 18.3. The number of hydrogen-bond donors (Lipinski definition) is 1. The van der Waals surface area contributed by atoms with Crippen LogP contribution in [0.25, 0.3) is 11.1 Å². The van der Waals surface area contributed by atoms with Gasteiger partial charge in [0.15, 0.2) is 17.6 Å². The number of nitriles is 1. The summed E-state index contributed by atoms with van der Waals surface area (Å²) in [4.78, 5) is 15.9. The number of fused-ring (bicyclic) bond motifs is 2. The fraction of sp³-hybridized carbons (Fsp3) is 0.256. The van der Waals surface area contributed by atoms with E-state index in [0.717, 1.165) is 57.7 Å². The van der Waals surface area contributed by atoms with Gasteiger partial charge in [0.05, 0.1) is 27.7 Å². The molecule has 2 heterocycles. The molecule has 2 aliphatic rings. The Morgan fingerprint density at radius 1 is 0.904 bits per heavy atom. The number of hydrogen-bond acceptors (Lipinski definition) is 6. The lowest BCUT2D eigenvalue weighted by Gasteiger charge is -2.37. The molecule has 52 heavy (non-hydrogen) atoms. The maximum atomic E-state index is 13.7. The predicted molar refractivity (Wildman–Crippen MR) is 204 cm³/mol. The van der Waals surface area contributed by atoms with Crippen LogP contribution in [0, 0.1) is 11.3 Å². The minimum absolute atomic E-state index is 0.0335. The quantitative estimate of drug-likeness (QED) is 0.154. The summed E-state index contributed by atoms with van der Waals surface area (Å²) in [6.45, 7) is 6.31. The number of ether oxygens (including phenoxy) is 3. The Kier molecular flexibility index (Phi) is 10.7. The molecule has 7 nitrogen and oxygen atoms in total. The van der Waals surface area contributed by atoms with Gasteiger partial charge in [0, 0.05) is 12.6 Å². The van der Waals surface area contributed by atoms with Crippen LogP contribution in [0.2, 0.25) is 10.0 Å². The first-order valence-electron chi connectivity index (χ1n) is 17.5. The molecule has 9 heteroatoms. The van der Waals surface area contributed by atoms with Crippen LogP contribution < -0.4 is 19.5 Å². The second-order valence-electron chi connectivity index (χ2n) is 13.4. The van der Waals surface area contributed by atoms with Gasteiger partial charge in [-0.2, -0.15) is 5.26 Å². The van der Waals surface area contributed by atoms with E-state index < -0.39 is 0 Å². The van der Waals surface area contributed by atoms with Gasteiger partial charge in [0.1, 0.15) is 19.0 Å². The first kappa shape index (κ1) is 35.4. The van der Waals surface area contributed by atoms with E-state index in [9.17, 15) is 4.79 Å². The van der Waals surface area contributed by atoms with Crippen molar-refractivity contribution < 1.29 is 19.0 Å². The number of nitrogens with zero attached hydrogens (tertiary/aromatic N) is 2. The Morgan fingerprint density at radius 3 is 2.29 bits per heavy atom. The van der Waals surface area contributed by atoms with Crippen molar-refractivity contribution >= 4 is 29.1 Å². The van der Waals surface area contributed by atoms with Crippen molar-refractivity contribution in [1.82, 2.24) is 10.2 Å². The normalized spacial score (nSPS) is 17.1. The van der Waals surface area contributed by atoms with E-state index in [1.165, 1.54) is 0 Å². The van der Waals surface area contributed by atoms with Crippen LogP contribution in [0.15, 0.2) is 103 Å². The summed E-state index contributed by atoms with van der Waals surface area (Å²) in [7, 11) is 0. The van der Waals surface area contributed by atoms with Gasteiger partial charge in [0.25, 0.3) is 0 Å². The standard InChI is InChI=1S/C43H39Cl2N3O4/c1-3-48-24-35-22-41-40(51-26-42(52-41)33-13-15-36(16-14-33)50-25-30-8-17-37(44)38(45)19-30)21-34(35)20-39(48)43(49)47-27(2)18-28-4-9-31(10-5-28)32-11-6-29(23-46)7-12-32/h4-17,19,21-22,27,39,42H,3,18,20,24-26H2,1-2H3,(H,47,49). The number of amides is 1. The number of nitrogens with one attached hydrogen (secondary N) is 1. The molecule has 7 rings (SSSR count). The molecule has 0 aromatic heterocycles. The van der Waals surface area contributed by atoms with Crippen molar-refractivity contribution in [2.75, 3.05) is 13.2 Å². The van der Waals surface area contributed by atoms with Gasteiger partial charge in [-0.05, 0) is 114 Å². The van der Waals surface area contributed by atoms with Crippen LogP contribution in [0.1, 0.15) is 53.3 Å². The van der Waals surface area contributed by atoms with E-state index in [1.807, 2.05) is 60.7 Å². The predicted octanol–water partition coefficient (Wildman–Crippen LogP) is 9.12. The summed E-state index contributed by atoms with van der Waals surface area (Å²) in [6, 6.07) is 35.3. The van der Waals surface area contributed by atoms with E-state index in [-0.39, 0.29) is 24.1 Å². The topological polar surface area (TPSA) is 83.8 Å². The minimum Gasteiger partial charge on any atom is -0.489 e. The lowest BCUT2D eigenvalue weighted by Crippen LogP contribution is -2.52. The van der Waals surface area contributed by atoms with Gasteiger partial charge in [-0.3, -0.25) is 9.69 Å². The maximum absolute atomic E-state index is 13.7. The maximum Gasteiger partial charge on any atom is 0.237 e. The van der Waals surface area contributed by atoms with E-state index in [4.69, 9.17) is 42.7 Å². The molecule has 0 bridgehead atoms. The third-order valence-corrected chi connectivity index (χ3v) is 10.5. The zero-order valence-corrected chi connectivity index (χ0v) is 30.6. The average Bonchev–Trinajstić information content (AvgIpc) is 3.17. The highest BCUT2D eigenvalue weighted by Crippen LogP contribution is 2.41. The number of carbonyl (C=O) groups is 1. The molecule has 1 amide bonds. The van der Waals surface area contributed by atoms with Crippen LogP contribution in [-0.4, -0.2) is 36.0 Å². The number of rotatable bonds is 10. The smallest absolute Gasteiger partial charge is 0.237 e. The number of carbonyl (C=O) groups excluding carboxylic acids is 1. The molecule has 0 saturated heterocycles. The summed E-state index contributed by atoms with van der Waals surface area (Å²) in [6.07, 6.45) is 1.07. The molecule has 0 aliphatic carbocycles. The zero-order valence-electron chi connectivity index (χ0n) is 29.1. The lowest BCUT2D eigenvalue weighted by molar-refractivity contribution is -0.127. The number of likely N-dealkylation sites (N-methyl/N-ethyl adjacent to an activating group) is 1. The molecule has 2 aliphatic heterocycles. The van der Waals surface area contributed by atoms with E-state index in [2.05, 4.69) is 60.5 Å². The Hall–Kier alpha value is -5.00. The van der Waals surface area contributed by atoms with Crippen LogP contribution in [0.3, 0.4) is 0 Å². The molecule has 264 valence electrons. The van der Waals surface area contributed by atoms with Gasteiger partial charge in [-0.15, -0.1) is 0 Å². The summed E-state index contributed by atoms with van der Waals surface area (Å²) in [5, 5.41) is 13.4. The Morgan fingerprint density at radius 2 is 1.60 bits per heavy atom. The van der Waals surface area contributed by atoms with Crippen molar-refractivity contribution in [2.45, 2.75) is 58.0 Å². The minimum atomic E-state index is -0.272. The van der Waals surface area contributed by atoms with E-state index in [0.29, 0.717) is 53.3 Å². The summed E-state index contributed by atoms with van der Waals surface area (Å²) in [5.74, 6) is 2.20. The molecular formula is C43H39Cl2N3O4. The number of benzene rings is 5. The molecule has 0 saturated carbocycles. The SMILES string of the molecule is CCN1Cc2cc3c(cc2CC1C(=O)NC(C)Cc1ccc(-c2ccc(C#N)cc2)cc1)OCC(c1ccc(OCc2ccc(Cl)c(Cl)c2)cc1)O3. The third kappa shape index (κ3) is 8.05. The van der Waals surface area contributed by atoms with Crippen molar-refractivity contribution in [2.24, 2.45) is 0 Å². The molecule has 5 aromatic carbocycles. The molecule has 0 spiro atoms. The van der Waals surface area contributed by atoms with Crippen molar-refractivity contribution in [1.29, 1.82) is 5.26 Å². The van der Waals surface area contributed by atoms with E-state index >= 15 is 0 Å². The summed E-state index contributed by atoms with van der Waals surface area (Å²) < 4.78 is 18.7. The van der Waals surface area contributed by atoms with Gasteiger partial charge in [-0.1, -0.05) is 84.7 Å². The van der Waals surface area contributed by atoms with Crippen molar-refractivity contribution in [3.63, 3.8) is 0 Å². The van der Waals surface area contributed by atoms with Gasteiger partial charge in [-0.25, -0.2) is 0 Å². The first-order chi connectivity index (χ1) is 25.3. The van der Waals surface area contributed by atoms with Crippen LogP contribution in [-0.2, 0) is 30.8 Å². The zero-order chi connectivity index (χ0) is 36.2. The Balaban J connectivity index is 0.949. The highest BCUT2D eigenvalue weighted by molar-refractivity contribution is 6.42. The molecular weight excluding hydrogens is 693 g/mol. The molecule has 3 unspecified atom stereocenters. The second kappa shape index (κ2) is 15.7. The fourth-order valence-electron chi connectivity index (χ4n) is 6.85. The molecule has 0 fully saturated rings. The molecule has 0 radical (unpaired) electrons. The third-order valence-electron chi connectivity index (χ3n) is 9.73. The second-order valence-corrected chi connectivity index (χ2v) is 14.2. The lowest BCUT2D eigenvalue weighted by atomic mass is 9.92. The van der Waals surface area contributed by atoms with E-state index in [1.54, 1.807) is 12.1 Å². The molecule has 3 atom stereocenters. The van der Waals surface area contributed by atoms with Crippen LogP contribution in [0.4, 0.5) is 0 Å². The highest BCUT2D eigenvalue weighted by Gasteiger charge is 2.33. The average molecular weight is 733 g/mol. The monoisotopic (exact) mass is 731 g/mol. The Labute approximate surface area is 314 Å². The van der Waals surface area contributed by atoms with Gasteiger partial charge >= 0.3 is 0 Å². The Bertz CT molecular complexity index is 2100. The number of halogens is 2. The van der Waals surface area contributed by atoms with Gasteiger partial charge in [0.2, 0.25) is 5.91 Å². The summed E-state index contributed by atoms with van der Waals surface area (Å²) in [5.41, 5.74) is 8.14. The largest absolute Gasteiger partial charge is 0.489 e. The highest BCUT2D eigenvalue weighted by atomic mass is 35.5. The van der Waals surface area contributed by atoms with Gasteiger partial charge < -0.3 is 19.5 Å². The van der Waals surface area contributed by atoms with Crippen LogP contribution >= 0.6 is 23.2 Å².